The third kappa shape index (κ3) is 4.33. The van der Waals surface area contributed by atoms with Crippen molar-refractivity contribution in [2.75, 3.05) is 13.2 Å². The van der Waals surface area contributed by atoms with Gasteiger partial charge in [0.2, 0.25) is 0 Å². The number of ether oxygens (including phenoxy) is 3. The number of piperidine rings is 1. The second kappa shape index (κ2) is 7.74. The third-order valence-electron chi connectivity index (χ3n) is 4.49. The van der Waals surface area contributed by atoms with Crippen LogP contribution in [0.15, 0.2) is 35.4 Å². The fraction of sp³-hybridized carbons (Fsp3) is 0.611. The van der Waals surface area contributed by atoms with Crippen molar-refractivity contribution in [1.82, 2.24) is 4.90 Å². The molecule has 1 N–H and O–H groups in total. The summed E-state index contributed by atoms with van der Waals surface area (Å²) in [6, 6.07) is 7.95. The van der Waals surface area contributed by atoms with Gasteiger partial charge in [0.25, 0.3) is 0 Å². The van der Waals surface area contributed by atoms with Crippen molar-refractivity contribution in [3.63, 3.8) is 0 Å². The summed E-state index contributed by atoms with van der Waals surface area (Å²) in [5.41, 5.74) is 8.94. The van der Waals surface area contributed by atoms with Gasteiger partial charge in [-0.3, -0.25) is 4.90 Å². The molecule has 1 amide bonds. The summed E-state index contributed by atoms with van der Waals surface area (Å²) in [6.07, 6.45) is -3.05. The van der Waals surface area contributed by atoms with E-state index in [9.17, 15) is 9.90 Å². The molecule has 3 rings (SSSR count). The molecule has 0 radical (unpaired) electrons. The predicted molar refractivity (Wildman–Crippen MR) is 95.7 cm³/mol. The number of benzene rings is 1. The number of carbonyl (C=O) groups excluding carboxylic acids is 1. The summed E-state index contributed by atoms with van der Waals surface area (Å²) in [5, 5.41) is 14.3. The summed E-state index contributed by atoms with van der Waals surface area (Å²) in [6.45, 7) is 5.51. The number of rotatable bonds is 2. The molecule has 1 aromatic carbocycles. The van der Waals surface area contributed by atoms with Crippen LogP contribution in [0, 0.1) is 0 Å². The maximum absolute atomic E-state index is 12.7. The Morgan fingerprint density at radius 3 is 2.70 bits per heavy atom. The molecular weight excluding hydrogens is 352 g/mol. The fourth-order valence-electron chi connectivity index (χ4n) is 3.28. The summed E-state index contributed by atoms with van der Waals surface area (Å²) >= 11 is 0. The zero-order valence-electron chi connectivity index (χ0n) is 15.6. The molecule has 0 aliphatic carbocycles. The van der Waals surface area contributed by atoms with Crippen molar-refractivity contribution in [3.05, 3.63) is 46.3 Å². The Balaban J connectivity index is 1.84. The van der Waals surface area contributed by atoms with E-state index in [4.69, 9.17) is 19.7 Å². The maximum Gasteiger partial charge on any atom is 0.410 e. The van der Waals surface area contributed by atoms with E-state index in [0.717, 1.165) is 5.56 Å². The molecule has 0 saturated carbocycles. The molecule has 2 aliphatic rings. The van der Waals surface area contributed by atoms with Gasteiger partial charge in [-0.1, -0.05) is 35.4 Å². The monoisotopic (exact) mass is 376 g/mol. The SMILES string of the molecule is CC(C)(C)OC(=O)N1CC(N=[N+]=[N-])C(O)C2OC(c3ccccc3)OCC21. The molecule has 9 heteroatoms. The quantitative estimate of drug-likeness (QED) is 0.484. The second-order valence-electron chi connectivity index (χ2n) is 7.64. The number of likely N-dealkylation sites (tertiary alicyclic amines) is 1. The summed E-state index contributed by atoms with van der Waals surface area (Å²) < 4.78 is 17.2. The van der Waals surface area contributed by atoms with Gasteiger partial charge in [-0.2, -0.15) is 0 Å². The molecule has 5 unspecified atom stereocenters. The number of hydrogen-bond donors (Lipinski definition) is 1. The van der Waals surface area contributed by atoms with Crippen LogP contribution in [0.4, 0.5) is 4.79 Å². The van der Waals surface area contributed by atoms with Crippen LogP contribution < -0.4 is 0 Å². The average molecular weight is 376 g/mol. The highest BCUT2D eigenvalue weighted by molar-refractivity contribution is 5.69. The van der Waals surface area contributed by atoms with Crippen molar-refractivity contribution >= 4 is 6.09 Å². The number of hydrogen-bond acceptors (Lipinski definition) is 6. The summed E-state index contributed by atoms with van der Waals surface area (Å²) in [4.78, 5) is 16.9. The van der Waals surface area contributed by atoms with E-state index in [-0.39, 0.29) is 13.2 Å². The number of aliphatic hydroxyl groups excluding tert-OH is 1. The van der Waals surface area contributed by atoms with Crippen molar-refractivity contribution in [2.24, 2.45) is 5.11 Å². The average Bonchev–Trinajstić information content (AvgIpc) is 2.63. The van der Waals surface area contributed by atoms with Crippen LogP contribution in [0.2, 0.25) is 0 Å². The first-order valence-corrected chi connectivity index (χ1v) is 8.84. The molecular formula is C18H24N4O5. The van der Waals surface area contributed by atoms with E-state index >= 15 is 0 Å². The first kappa shape index (κ1) is 19.4. The Bertz CT molecular complexity index is 716. The van der Waals surface area contributed by atoms with Gasteiger partial charge in [0.1, 0.15) is 11.7 Å². The largest absolute Gasteiger partial charge is 0.444 e. The Morgan fingerprint density at radius 1 is 1.37 bits per heavy atom. The lowest BCUT2D eigenvalue weighted by Crippen LogP contribution is -2.66. The topological polar surface area (TPSA) is 117 Å². The van der Waals surface area contributed by atoms with Gasteiger partial charge in [0, 0.05) is 17.0 Å². The summed E-state index contributed by atoms with van der Waals surface area (Å²) in [7, 11) is 0. The molecule has 1 aromatic rings. The number of nitrogens with zero attached hydrogens (tertiary/aromatic N) is 4. The molecule has 5 atom stereocenters. The Labute approximate surface area is 157 Å². The third-order valence-corrected chi connectivity index (χ3v) is 4.49. The zero-order chi connectivity index (χ0) is 19.6. The van der Waals surface area contributed by atoms with E-state index in [0.29, 0.717) is 0 Å². The fourth-order valence-corrected chi connectivity index (χ4v) is 3.28. The molecule has 146 valence electrons. The van der Waals surface area contributed by atoms with Gasteiger partial charge >= 0.3 is 6.09 Å². The van der Waals surface area contributed by atoms with Crippen LogP contribution in [-0.4, -0.2) is 59.1 Å². The second-order valence-corrected chi connectivity index (χ2v) is 7.64. The van der Waals surface area contributed by atoms with Crippen molar-refractivity contribution in [2.45, 2.75) is 57.0 Å². The van der Waals surface area contributed by atoms with Crippen molar-refractivity contribution < 1.29 is 24.1 Å². The van der Waals surface area contributed by atoms with Crippen molar-refractivity contribution in [1.29, 1.82) is 0 Å². The Morgan fingerprint density at radius 2 is 2.07 bits per heavy atom. The molecule has 2 fully saturated rings. The van der Waals surface area contributed by atoms with Gasteiger partial charge < -0.3 is 19.3 Å². The lowest BCUT2D eigenvalue weighted by Gasteiger charge is -2.49. The number of azide groups is 1. The molecule has 0 aromatic heterocycles. The van der Waals surface area contributed by atoms with Gasteiger partial charge in [-0.15, -0.1) is 0 Å². The Hall–Kier alpha value is -2.32. The molecule has 0 spiro atoms. The van der Waals surface area contributed by atoms with Crippen molar-refractivity contribution in [3.8, 4) is 0 Å². The maximum atomic E-state index is 12.7. The minimum Gasteiger partial charge on any atom is -0.444 e. The predicted octanol–water partition coefficient (Wildman–Crippen LogP) is 2.76. The normalized spacial score (nSPS) is 30.8. The van der Waals surface area contributed by atoms with E-state index in [1.165, 1.54) is 4.90 Å². The number of amides is 1. The standard InChI is InChI=1S/C18H24N4O5/c1-18(2,3)27-17(24)22-9-12(20-21-19)14(23)15-13(22)10-25-16(26-15)11-7-5-4-6-8-11/h4-8,12-16,23H,9-10H2,1-3H3. The van der Waals surface area contributed by atoms with Crippen LogP contribution >= 0.6 is 0 Å². The molecule has 2 saturated heterocycles. The lowest BCUT2D eigenvalue weighted by molar-refractivity contribution is -0.273. The number of aliphatic hydroxyl groups is 1. The van der Waals surface area contributed by atoms with Crippen LogP contribution in [0.3, 0.4) is 0 Å². The van der Waals surface area contributed by atoms with Gasteiger partial charge in [-0.05, 0) is 26.3 Å². The number of carbonyl (C=O) groups is 1. The minimum atomic E-state index is -1.06. The highest BCUT2D eigenvalue weighted by Crippen LogP contribution is 2.34. The van der Waals surface area contributed by atoms with Crippen LogP contribution in [0.1, 0.15) is 32.6 Å². The smallest absolute Gasteiger partial charge is 0.410 e. The van der Waals surface area contributed by atoms with Crippen LogP contribution in [-0.2, 0) is 14.2 Å². The van der Waals surface area contributed by atoms with E-state index in [1.807, 2.05) is 30.3 Å². The Kier molecular flexibility index (Phi) is 5.57. The van der Waals surface area contributed by atoms with Crippen LogP contribution in [0.25, 0.3) is 10.4 Å². The number of fused-ring (bicyclic) bond motifs is 1. The van der Waals surface area contributed by atoms with Gasteiger partial charge in [0.05, 0.1) is 24.8 Å². The van der Waals surface area contributed by atoms with Gasteiger partial charge in [0.15, 0.2) is 6.29 Å². The van der Waals surface area contributed by atoms with E-state index in [2.05, 4.69) is 10.0 Å². The van der Waals surface area contributed by atoms with E-state index in [1.54, 1.807) is 20.8 Å². The molecule has 2 aliphatic heterocycles. The minimum absolute atomic E-state index is 0.0318. The zero-order valence-corrected chi connectivity index (χ0v) is 15.6. The first-order chi connectivity index (χ1) is 12.8. The highest BCUT2D eigenvalue weighted by Gasteiger charge is 2.49. The summed E-state index contributed by atoms with van der Waals surface area (Å²) in [5.74, 6) is 0. The molecule has 9 nitrogen and oxygen atoms in total. The molecule has 27 heavy (non-hydrogen) atoms. The van der Waals surface area contributed by atoms with E-state index < -0.39 is 42.3 Å². The van der Waals surface area contributed by atoms with Gasteiger partial charge in [-0.25, -0.2) is 4.79 Å². The van der Waals surface area contributed by atoms with Crippen LogP contribution in [0.5, 0.6) is 0 Å². The molecule has 2 heterocycles. The highest BCUT2D eigenvalue weighted by atomic mass is 16.7. The molecule has 0 bridgehead atoms. The first-order valence-electron chi connectivity index (χ1n) is 8.84. The lowest BCUT2D eigenvalue weighted by atomic mass is 9.92.